The molecule has 1 aromatic carbocycles. The molecule has 0 unspecified atom stereocenters. The molecule has 154 valence electrons. The quantitative estimate of drug-likeness (QED) is 0.807. The lowest BCUT2D eigenvalue weighted by atomic mass is 10.1. The summed E-state index contributed by atoms with van der Waals surface area (Å²) in [4.78, 5) is 26.5. The van der Waals surface area contributed by atoms with Gasteiger partial charge < -0.3 is 29.7 Å². The molecule has 28 heavy (non-hydrogen) atoms. The van der Waals surface area contributed by atoms with Crippen molar-refractivity contribution in [3.63, 3.8) is 0 Å². The Bertz CT molecular complexity index is 716. The van der Waals surface area contributed by atoms with Gasteiger partial charge in [0, 0.05) is 30.9 Å². The van der Waals surface area contributed by atoms with Crippen LogP contribution in [0.15, 0.2) is 18.2 Å². The Morgan fingerprint density at radius 2 is 1.89 bits per heavy atom. The number of carbonyl (C=O) groups is 2. The standard InChI is InChI=1S/C20H29N3O5/c1-20(2,3)28-19(25)23-9-5-4-6-15(13-23)22-18(24)21-14-7-8-16-17(12-14)27-11-10-26-16/h7-8,12,15H,4-6,9-11,13H2,1-3H3,(H2,21,22,24)/t15-/m1/s1. The Kier molecular flexibility index (Phi) is 6.16. The monoisotopic (exact) mass is 391 g/mol. The fourth-order valence-corrected chi connectivity index (χ4v) is 3.23. The highest BCUT2D eigenvalue weighted by molar-refractivity contribution is 5.90. The van der Waals surface area contributed by atoms with E-state index in [4.69, 9.17) is 14.2 Å². The maximum absolute atomic E-state index is 12.4. The number of likely N-dealkylation sites (tertiary alicyclic amines) is 1. The van der Waals surface area contributed by atoms with E-state index >= 15 is 0 Å². The highest BCUT2D eigenvalue weighted by atomic mass is 16.6. The first-order valence-electron chi connectivity index (χ1n) is 9.75. The van der Waals surface area contributed by atoms with Crippen molar-refractivity contribution in [2.24, 2.45) is 0 Å². The van der Waals surface area contributed by atoms with Crippen LogP contribution in [0.3, 0.4) is 0 Å². The number of carbonyl (C=O) groups excluding carboxylic acids is 2. The summed E-state index contributed by atoms with van der Waals surface area (Å²) in [6.45, 7) is 7.62. The van der Waals surface area contributed by atoms with Crippen LogP contribution >= 0.6 is 0 Å². The maximum atomic E-state index is 12.4. The molecule has 2 aliphatic rings. The van der Waals surface area contributed by atoms with Gasteiger partial charge in [0.1, 0.15) is 18.8 Å². The highest BCUT2D eigenvalue weighted by Crippen LogP contribution is 2.32. The van der Waals surface area contributed by atoms with E-state index in [0.29, 0.717) is 43.5 Å². The summed E-state index contributed by atoms with van der Waals surface area (Å²) in [5, 5.41) is 5.79. The Labute approximate surface area is 165 Å². The van der Waals surface area contributed by atoms with Crippen LogP contribution in [0, 0.1) is 0 Å². The van der Waals surface area contributed by atoms with Gasteiger partial charge in [-0.3, -0.25) is 0 Å². The Morgan fingerprint density at radius 1 is 1.14 bits per heavy atom. The molecule has 0 aromatic heterocycles. The molecule has 8 heteroatoms. The second-order valence-electron chi connectivity index (χ2n) is 8.08. The van der Waals surface area contributed by atoms with Gasteiger partial charge >= 0.3 is 12.1 Å². The highest BCUT2D eigenvalue weighted by Gasteiger charge is 2.27. The number of ether oxygens (including phenoxy) is 3. The minimum absolute atomic E-state index is 0.132. The fourth-order valence-electron chi connectivity index (χ4n) is 3.23. The summed E-state index contributed by atoms with van der Waals surface area (Å²) < 4.78 is 16.5. The van der Waals surface area contributed by atoms with Gasteiger partial charge in [-0.15, -0.1) is 0 Å². The summed E-state index contributed by atoms with van der Waals surface area (Å²) in [6.07, 6.45) is 2.30. The molecule has 2 heterocycles. The molecular formula is C20H29N3O5. The second kappa shape index (κ2) is 8.58. The summed E-state index contributed by atoms with van der Waals surface area (Å²) in [5.74, 6) is 1.29. The predicted octanol–water partition coefficient (Wildman–Crippen LogP) is 3.37. The largest absolute Gasteiger partial charge is 0.486 e. The van der Waals surface area contributed by atoms with E-state index in [9.17, 15) is 9.59 Å². The van der Waals surface area contributed by atoms with Crippen molar-refractivity contribution < 1.29 is 23.8 Å². The molecule has 0 spiro atoms. The minimum Gasteiger partial charge on any atom is -0.486 e. The van der Waals surface area contributed by atoms with Crippen molar-refractivity contribution >= 4 is 17.8 Å². The van der Waals surface area contributed by atoms with Gasteiger partial charge in [0.2, 0.25) is 0 Å². The third kappa shape index (κ3) is 5.68. The van der Waals surface area contributed by atoms with Crippen molar-refractivity contribution in [2.45, 2.75) is 51.7 Å². The van der Waals surface area contributed by atoms with Gasteiger partial charge in [-0.25, -0.2) is 9.59 Å². The van der Waals surface area contributed by atoms with E-state index in [1.165, 1.54) is 0 Å². The van der Waals surface area contributed by atoms with Crippen LogP contribution in [0.2, 0.25) is 0 Å². The maximum Gasteiger partial charge on any atom is 0.410 e. The van der Waals surface area contributed by atoms with Crippen LogP contribution in [0.4, 0.5) is 15.3 Å². The van der Waals surface area contributed by atoms with Gasteiger partial charge in [0.05, 0.1) is 0 Å². The van der Waals surface area contributed by atoms with Gasteiger partial charge in [-0.05, 0) is 52.2 Å². The van der Waals surface area contributed by atoms with Crippen molar-refractivity contribution in [3.8, 4) is 11.5 Å². The summed E-state index contributed by atoms with van der Waals surface area (Å²) in [5.41, 5.74) is 0.0847. The molecule has 0 aliphatic carbocycles. The molecule has 3 rings (SSSR count). The van der Waals surface area contributed by atoms with E-state index in [0.717, 1.165) is 19.3 Å². The first kappa shape index (κ1) is 20.1. The van der Waals surface area contributed by atoms with E-state index in [2.05, 4.69) is 10.6 Å². The number of nitrogens with zero attached hydrogens (tertiary/aromatic N) is 1. The van der Waals surface area contributed by atoms with Crippen LogP contribution < -0.4 is 20.1 Å². The number of rotatable bonds is 2. The third-order valence-electron chi connectivity index (χ3n) is 4.46. The van der Waals surface area contributed by atoms with Crippen LogP contribution in [0.1, 0.15) is 40.0 Å². The number of urea groups is 1. The number of fused-ring (bicyclic) bond motifs is 1. The normalized spacial score (nSPS) is 19.4. The first-order chi connectivity index (χ1) is 13.3. The number of hydrogen-bond acceptors (Lipinski definition) is 5. The average Bonchev–Trinajstić information content (AvgIpc) is 2.86. The predicted molar refractivity (Wildman–Crippen MR) is 105 cm³/mol. The zero-order chi connectivity index (χ0) is 20.1. The summed E-state index contributed by atoms with van der Waals surface area (Å²) >= 11 is 0. The minimum atomic E-state index is -0.540. The number of benzene rings is 1. The van der Waals surface area contributed by atoms with Gasteiger partial charge in [-0.2, -0.15) is 0 Å². The molecule has 0 bridgehead atoms. The topological polar surface area (TPSA) is 89.1 Å². The number of nitrogens with one attached hydrogen (secondary N) is 2. The molecule has 1 saturated heterocycles. The number of anilines is 1. The summed E-state index contributed by atoms with van der Waals surface area (Å²) in [7, 11) is 0. The SMILES string of the molecule is CC(C)(C)OC(=O)N1CCCC[C@@H](NC(=O)Nc2ccc3c(c2)OCCO3)C1. The van der Waals surface area contributed by atoms with Crippen molar-refractivity contribution in [2.75, 3.05) is 31.6 Å². The Balaban J connectivity index is 1.56. The molecule has 1 aromatic rings. The van der Waals surface area contributed by atoms with Crippen LogP contribution in [0.5, 0.6) is 11.5 Å². The Morgan fingerprint density at radius 3 is 2.64 bits per heavy atom. The first-order valence-corrected chi connectivity index (χ1v) is 9.75. The lowest BCUT2D eigenvalue weighted by molar-refractivity contribution is 0.0245. The van der Waals surface area contributed by atoms with Gasteiger partial charge in [0.25, 0.3) is 0 Å². The molecule has 2 N–H and O–H groups in total. The van der Waals surface area contributed by atoms with Gasteiger partial charge in [0.15, 0.2) is 11.5 Å². The lowest BCUT2D eigenvalue weighted by Gasteiger charge is -2.28. The third-order valence-corrected chi connectivity index (χ3v) is 4.46. The van der Waals surface area contributed by atoms with Gasteiger partial charge in [-0.1, -0.05) is 0 Å². The number of hydrogen-bond donors (Lipinski definition) is 2. The zero-order valence-electron chi connectivity index (χ0n) is 16.7. The van der Waals surface area contributed by atoms with Crippen molar-refractivity contribution in [1.29, 1.82) is 0 Å². The van der Waals surface area contributed by atoms with Crippen LogP contribution in [-0.2, 0) is 4.74 Å². The van der Waals surface area contributed by atoms with E-state index < -0.39 is 5.60 Å². The lowest BCUT2D eigenvalue weighted by Crippen LogP contribution is -2.47. The zero-order valence-corrected chi connectivity index (χ0v) is 16.7. The molecule has 1 fully saturated rings. The average molecular weight is 391 g/mol. The van der Waals surface area contributed by atoms with Crippen LogP contribution in [-0.4, -0.2) is 55.0 Å². The summed E-state index contributed by atoms with van der Waals surface area (Å²) in [6, 6.07) is 4.85. The second-order valence-corrected chi connectivity index (χ2v) is 8.08. The van der Waals surface area contributed by atoms with Crippen molar-refractivity contribution in [3.05, 3.63) is 18.2 Å². The van der Waals surface area contributed by atoms with Crippen LogP contribution in [0.25, 0.3) is 0 Å². The van der Waals surface area contributed by atoms with E-state index in [1.54, 1.807) is 23.1 Å². The van der Waals surface area contributed by atoms with E-state index in [1.807, 2.05) is 20.8 Å². The van der Waals surface area contributed by atoms with Crippen molar-refractivity contribution in [1.82, 2.24) is 10.2 Å². The van der Waals surface area contributed by atoms with E-state index in [-0.39, 0.29) is 18.2 Å². The molecule has 0 saturated carbocycles. The molecule has 8 nitrogen and oxygen atoms in total. The smallest absolute Gasteiger partial charge is 0.410 e. The Hall–Kier alpha value is -2.64. The fraction of sp³-hybridized carbons (Fsp3) is 0.600. The number of amides is 3. The molecular weight excluding hydrogens is 362 g/mol. The molecule has 1 atom stereocenters. The molecule has 0 radical (unpaired) electrons. The molecule has 2 aliphatic heterocycles. The molecule has 3 amide bonds.